The fourth-order valence-electron chi connectivity index (χ4n) is 0.471. The van der Waals surface area contributed by atoms with Gasteiger partial charge in [-0.3, -0.25) is 4.79 Å². The van der Waals surface area contributed by atoms with Gasteiger partial charge in [0.15, 0.2) is 0 Å². The quantitative estimate of drug-likeness (QED) is 0.355. The number of hydrogen-bond donors (Lipinski definition) is 1. The molecular formula is C7H10BrIO3. The summed E-state index contributed by atoms with van der Waals surface area (Å²) in [4.78, 5) is 10.9. The van der Waals surface area contributed by atoms with Gasteiger partial charge in [-0.1, -0.05) is 51.2 Å². The van der Waals surface area contributed by atoms with Crippen molar-refractivity contribution in [3.8, 4) is 0 Å². The molecule has 0 fully saturated rings. The molecule has 0 amide bonds. The predicted molar refractivity (Wildman–Crippen MR) is 58.5 cm³/mol. The number of halogens is 2. The van der Waals surface area contributed by atoms with Crippen LogP contribution < -0.4 is 0 Å². The first-order valence-corrected chi connectivity index (χ1v) is 5.46. The van der Waals surface area contributed by atoms with Crippen LogP contribution in [0.25, 0.3) is 0 Å². The summed E-state index contributed by atoms with van der Waals surface area (Å²) in [5, 5.41) is 9.22. The Labute approximate surface area is 93.4 Å². The van der Waals surface area contributed by atoms with Gasteiger partial charge < -0.3 is 9.84 Å². The van der Waals surface area contributed by atoms with Gasteiger partial charge in [0.25, 0.3) is 0 Å². The van der Waals surface area contributed by atoms with E-state index >= 15 is 0 Å². The number of aliphatic hydroxyl groups excluding tert-OH is 1. The molecule has 0 aliphatic carbocycles. The van der Waals surface area contributed by atoms with Crippen LogP contribution in [0.15, 0.2) is 12.7 Å². The molecule has 2 atom stereocenters. The lowest BCUT2D eigenvalue weighted by atomic mass is 10.3. The van der Waals surface area contributed by atoms with Crippen molar-refractivity contribution < 1.29 is 14.6 Å². The first kappa shape index (κ1) is 12.4. The van der Waals surface area contributed by atoms with Gasteiger partial charge >= 0.3 is 5.97 Å². The standard InChI is InChI=1S/C7H10BrIO3/c1-2-3-12-6(11)4-5(10)7(8)9/h2,5,7,10H,1,3-4H2/t5-,7?/m1/s1. The molecular weight excluding hydrogens is 339 g/mol. The molecule has 3 nitrogen and oxygen atoms in total. The van der Waals surface area contributed by atoms with Gasteiger partial charge in [-0.05, 0) is 0 Å². The van der Waals surface area contributed by atoms with Crippen LogP contribution in [-0.4, -0.2) is 26.6 Å². The average molecular weight is 349 g/mol. The van der Waals surface area contributed by atoms with E-state index in [1.807, 2.05) is 22.6 Å². The zero-order valence-electron chi connectivity index (χ0n) is 6.37. The fourth-order valence-corrected chi connectivity index (χ4v) is 0.912. The fraction of sp³-hybridized carbons (Fsp3) is 0.571. The van der Waals surface area contributed by atoms with E-state index in [2.05, 4.69) is 27.2 Å². The van der Waals surface area contributed by atoms with E-state index in [0.717, 1.165) is 0 Å². The Morgan fingerprint density at radius 1 is 1.83 bits per heavy atom. The number of hydrogen-bond acceptors (Lipinski definition) is 3. The van der Waals surface area contributed by atoms with E-state index in [-0.39, 0.29) is 15.9 Å². The van der Waals surface area contributed by atoms with Crippen LogP contribution >= 0.6 is 38.5 Å². The first-order chi connectivity index (χ1) is 5.57. The number of carbonyl (C=O) groups is 1. The normalized spacial score (nSPS) is 14.9. The van der Waals surface area contributed by atoms with Crippen molar-refractivity contribution in [3.05, 3.63) is 12.7 Å². The lowest BCUT2D eigenvalue weighted by Gasteiger charge is -2.10. The summed E-state index contributed by atoms with van der Waals surface area (Å²) in [6.07, 6.45) is 0.787. The lowest BCUT2D eigenvalue weighted by Crippen LogP contribution is -2.20. The molecule has 0 aromatic rings. The highest BCUT2D eigenvalue weighted by molar-refractivity contribution is 14.1. The molecule has 0 aliphatic heterocycles. The molecule has 0 aliphatic rings. The molecule has 0 bridgehead atoms. The van der Waals surface area contributed by atoms with E-state index < -0.39 is 12.1 Å². The van der Waals surface area contributed by atoms with Crippen molar-refractivity contribution in [3.63, 3.8) is 0 Å². The van der Waals surface area contributed by atoms with E-state index in [1.54, 1.807) is 0 Å². The number of carbonyl (C=O) groups excluding carboxylic acids is 1. The Bertz CT molecular complexity index is 161. The molecule has 0 aromatic heterocycles. The van der Waals surface area contributed by atoms with Crippen LogP contribution in [0.4, 0.5) is 0 Å². The topological polar surface area (TPSA) is 46.5 Å². The van der Waals surface area contributed by atoms with Crippen LogP contribution in [0.5, 0.6) is 0 Å². The zero-order valence-corrected chi connectivity index (χ0v) is 10.1. The van der Waals surface area contributed by atoms with Crippen LogP contribution in [-0.2, 0) is 9.53 Å². The Kier molecular flexibility index (Phi) is 7.07. The van der Waals surface area contributed by atoms with Crippen LogP contribution in [0.3, 0.4) is 0 Å². The van der Waals surface area contributed by atoms with Gasteiger partial charge in [0, 0.05) is 0 Å². The Hall–Kier alpha value is 0.380. The van der Waals surface area contributed by atoms with Gasteiger partial charge in [0.2, 0.25) is 0 Å². The second kappa shape index (κ2) is 6.85. The third-order valence-electron chi connectivity index (χ3n) is 1.03. The van der Waals surface area contributed by atoms with E-state index in [9.17, 15) is 9.90 Å². The smallest absolute Gasteiger partial charge is 0.308 e. The second-order valence-electron chi connectivity index (χ2n) is 2.08. The van der Waals surface area contributed by atoms with Gasteiger partial charge in [-0.15, -0.1) is 0 Å². The summed E-state index contributed by atoms with van der Waals surface area (Å²) in [7, 11) is 0. The zero-order chi connectivity index (χ0) is 9.56. The molecule has 0 aromatic carbocycles. The number of esters is 1. The highest BCUT2D eigenvalue weighted by Gasteiger charge is 2.17. The summed E-state index contributed by atoms with van der Waals surface area (Å²) in [6.45, 7) is 3.59. The molecule has 1 unspecified atom stereocenters. The molecule has 0 radical (unpaired) electrons. The number of aliphatic hydroxyl groups is 1. The summed E-state index contributed by atoms with van der Waals surface area (Å²) in [6, 6.07) is 0. The highest BCUT2D eigenvalue weighted by Crippen LogP contribution is 2.16. The van der Waals surface area contributed by atoms with Crippen LogP contribution in [0.1, 0.15) is 6.42 Å². The molecule has 12 heavy (non-hydrogen) atoms. The summed E-state index contributed by atoms with van der Waals surface area (Å²) >= 11 is 5.12. The third-order valence-corrected chi connectivity index (χ3v) is 2.47. The maximum absolute atomic E-state index is 10.9. The van der Waals surface area contributed by atoms with E-state index in [0.29, 0.717) is 0 Å². The number of ether oxygens (including phenoxy) is 1. The van der Waals surface area contributed by atoms with Gasteiger partial charge in [0.05, 0.1) is 15.4 Å². The predicted octanol–water partition coefficient (Wildman–Crippen LogP) is 1.62. The Morgan fingerprint density at radius 2 is 2.42 bits per heavy atom. The maximum Gasteiger partial charge on any atom is 0.308 e. The highest BCUT2D eigenvalue weighted by atomic mass is 127. The second-order valence-corrected chi connectivity index (χ2v) is 6.12. The molecule has 0 rings (SSSR count). The summed E-state index contributed by atoms with van der Waals surface area (Å²) in [5.41, 5.74) is 0. The largest absolute Gasteiger partial charge is 0.461 e. The molecule has 0 saturated heterocycles. The van der Waals surface area contributed by atoms with E-state index in [1.165, 1.54) is 6.08 Å². The Morgan fingerprint density at radius 3 is 2.83 bits per heavy atom. The molecule has 0 saturated carbocycles. The van der Waals surface area contributed by atoms with Gasteiger partial charge in [0.1, 0.15) is 6.61 Å². The SMILES string of the molecule is C=CCOC(=O)C[C@@H](O)C(Br)I. The Balaban J connectivity index is 3.61. The minimum absolute atomic E-state index is 0.00664. The molecule has 0 spiro atoms. The monoisotopic (exact) mass is 348 g/mol. The van der Waals surface area contributed by atoms with Crippen LogP contribution in [0, 0.1) is 0 Å². The van der Waals surface area contributed by atoms with Crippen molar-refractivity contribution in [2.45, 2.75) is 15.4 Å². The minimum atomic E-state index is -0.706. The number of alkyl halides is 2. The van der Waals surface area contributed by atoms with Crippen molar-refractivity contribution >= 4 is 44.5 Å². The van der Waals surface area contributed by atoms with Crippen molar-refractivity contribution in [2.75, 3.05) is 6.61 Å². The first-order valence-electron chi connectivity index (χ1n) is 3.30. The lowest BCUT2D eigenvalue weighted by molar-refractivity contribution is -0.144. The van der Waals surface area contributed by atoms with Gasteiger partial charge in [-0.2, -0.15) is 0 Å². The van der Waals surface area contributed by atoms with Crippen molar-refractivity contribution in [1.82, 2.24) is 0 Å². The van der Waals surface area contributed by atoms with Crippen molar-refractivity contribution in [1.29, 1.82) is 0 Å². The molecule has 0 heterocycles. The molecule has 5 heteroatoms. The summed E-state index contributed by atoms with van der Waals surface area (Å²) in [5.74, 6) is -0.413. The summed E-state index contributed by atoms with van der Waals surface area (Å²) < 4.78 is 4.54. The molecule has 70 valence electrons. The van der Waals surface area contributed by atoms with E-state index in [4.69, 9.17) is 0 Å². The van der Waals surface area contributed by atoms with Gasteiger partial charge in [-0.25, -0.2) is 0 Å². The average Bonchev–Trinajstić information content (AvgIpc) is 2.00. The maximum atomic E-state index is 10.9. The minimum Gasteiger partial charge on any atom is -0.461 e. The number of rotatable bonds is 5. The van der Waals surface area contributed by atoms with Crippen molar-refractivity contribution in [2.24, 2.45) is 0 Å². The third kappa shape index (κ3) is 5.96. The molecule has 1 N–H and O–H groups in total. The van der Waals surface area contributed by atoms with Crippen LogP contribution in [0.2, 0.25) is 0 Å².